The lowest BCUT2D eigenvalue weighted by molar-refractivity contribution is -0.214. The van der Waals surface area contributed by atoms with Crippen LogP contribution in [0.2, 0.25) is 0 Å². The summed E-state index contributed by atoms with van der Waals surface area (Å²) in [4.78, 5) is 24.2. The molecule has 8 unspecified atom stereocenters. The summed E-state index contributed by atoms with van der Waals surface area (Å²) in [6.45, 7) is 0.765. The minimum Gasteiger partial charge on any atom is -0.464 e. The summed E-state index contributed by atoms with van der Waals surface area (Å²) in [6.07, 6.45) is -14.1. The SMILES string of the molecule is CC(=O)OCC1(COC(C)=O)c2cc(C#CC3OC(CO)[C@@H](O)C(O)C3O)ccc2-c2ccc(C#CC3OC(CO)[C@@H](O)C(O)C3O)cc21. The molecule has 0 bridgehead atoms. The second kappa shape index (κ2) is 14.9. The molecule has 2 aliphatic heterocycles. The maximum Gasteiger partial charge on any atom is 0.302 e. The third-order valence-electron chi connectivity index (χ3n) is 8.91. The molecule has 0 radical (unpaired) electrons. The van der Waals surface area contributed by atoms with Crippen molar-refractivity contribution in [1.82, 2.24) is 0 Å². The summed E-state index contributed by atoms with van der Waals surface area (Å²) in [5, 5.41) is 80.4. The van der Waals surface area contributed by atoms with E-state index in [9.17, 15) is 50.4 Å². The zero-order valence-electron chi connectivity index (χ0n) is 26.6. The fourth-order valence-corrected chi connectivity index (χ4v) is 6.20. The maximum absolute atomic E-state index is 12.1. The first kappa shape index (κ1) is 36.4. The predicted molar refractivity (Wildman–Crippen MR) is 167 cm³/mol. The molecule has 49 heavy (non-hydrogen) atoms. The molecule has 2 aromatic rings. The van der Waals surface area contributed by atoms with Gasteiger partial charge in [-0.3, -0.25) is 9.59 Å². The summed E-state index contributed by atoms with van der Waals surface area (Å²) in [5.41, 5.74) is 2.18. The van der Waals surface area contributed by atoms with Gasteiger partial charge in [-0.15, -0.1) is 0 Å². The molecule has 8 N–H and O–H groups in total. The number of hydrogen-bond donors (Lipinski definition) is 8. The summed E-state index contributed by atoms with van der Waals surface area (Å²) in [7, 11) is 0. The molecule has 262 valence electrons. The lowest BCUT2D eigenvalue weighted by Crippen LogP contribution is -2.58. The molecule has 0 amide bonds. The van der Waals surface area contributed by atoms with Crippen LogP contribution in [0.3, 0.4) is 0 Å². The molecule has 0 saturated carbocycles. The Morgan fingerprint density at radius 3 is 1.39 bits per heavy atom. The van der Waals surface area contributed by atoms with Gasteiger partial charge in [0.05, 0.1) is 18.6 Å². The zero-order chi connectivity index (χ0) is 35.6. The quantitative estimate of drug-likeness (QED) is 0.116. The van der Waals surface area contributed by atoms with Crippen molar-refractivity contribution >= 4 is 11.9 Å². The number of esters is 2. The number of aliphatic hydroxyl groups is 8. The molecular weight excluding hydrogens is 644 g/mol. The van der Waals surface area contributed by atoms with E-state index in [0.29, 0.717) is 33.4 Å². The third-order valence-corrected chi connectivity index (χ3v) is 8.91. The van der Waals surface area contributed by atoms with Gasteiger partial charge in [0.15, 0.2) is 0 Å². The lowest BCUT2D eigenvalue weighted by atomic mass is 9.78. The van der Waals surface area contributed by atoms with Gasteiger partial charge in [-0.05, 0) is 46.5 Å². The standard InChI is InChI=1S/C35H38O14/c1-17(38)46-15-35(16-47-18(2)39)23-11-19(5-9-25-29(40)33(44)31(42)27(13-36)48-25)3-7-21(23)22-8-4-20(12-24(22)35)6-10-26-30(41)34(45)32(43)28(14-37)49-26/h3-4,7-8,11-12,25-34,36-37,40-45H,13-16H2,1-2H3/t25?,26?,27?,28?,29?,30?,31-,32-,33?,34?/m1/s1. The van der Waals surface area contributed by atoms with E-state index in [1.165, 1.54) is 13.8 Å². The Bertz CT molecular complexity index is 1560. The Kier molecular flexibility index (Phi) is 11.1. The highest BCUT2D eigenvalue weighted by Crippen LogP contribution is 2.50. The first-order chi connectivity index (χ1) is 23.3. The summed E-state index contributed by atoms with van der Waals surface area (Å²) < 4.78 is 22.1. The van der Waals surface area contributed by atoms with Gasteiger partial charge < -0.3 is 59.8 Å². The Morgan fingerprint density at radius 1 is 0.653 bits per heavy atom. The third kappa shape index (κ3) is 7.21. The van der Waals surface area contributed by atoms with Gasteiger partial charge in [0.2, 0.25) is 0 Å². The van der Waals surface area contributed by atoms with Crippen molar-refractivity contribution in [3.8, 4) is 34.8 Å². The number of carbonyl (C=O) groups excluding carboxylic acids is 2. The number of aliphatic hydroxyl groups excluding tert-OH is 8. The van der Waals surface area contributed by atoms with Crippen LogP contribution in [0.15, 0.2) is 36.4 Å². The molecule has 1 aliphatic carbocycles. The number of benzene rings is 2. The average Bonchev–Trinajstić information content (AvgIpc) is 3.35. The summed E-state index contributed by atoms with van der Waals surface area (Å²) in [5.74, 6) is 10.1. The monoisotopic (exact) mass is 682 g/mol. The van der Waals surface area contributed by atoms with Crippen molar-refractivity contribution in [3.05, 3.63) is 58.7 Å². The van der Waals surface area contributed by atoms with Crippen LogP contribution >= 0.6 is 0 Å². The first-order valence-corrected chi connectivity index (χ1v) is 15.5. The Balaban J connectivity index is 1.55. The van der Waals surface area contributed by atoms with Crippen molar-refractivity contribution in [1.29, 1.82) is 0 Å². The second-order valence-electron chi connectivity index (χ2n) is 12.2. The molecule has 2 saturated heterocycles. The molecule has 2 heterocycles. The topological polar surface area (TPSA) is 233 Å². The Morgan fingerprint density at radius 2 is 1.04 bits per heavy atom. The van der Waals surface area contributed by atoms with Gasteiger partial charge in [0.1, 0.15) is 74.3 Å². The van der Waals surface area contributed by atoms with Gasteiger partial charge in [-0.25, -0.2) is 0 Å². The van der Waals surface area contributed by atoms with Crippen molar-refractivity contribution in [2.45, 2.75) is 80.3 Å². The number of rotatable bonds is 6. The molecule has 0 aromatic heterocycles. The number of hydrogen-bond acceptors (Lipinski definition) is 14. The number of ether oxygens (including phenoxy) is 4. The van der Waals surface area contributed by atoms with Crippen LogP contribution in [0.4, 0.5) is 0 Å². The molecule has 3 aliphatic rings. The lowest BCUT2D eigenvalue weighted by Gasteiger charge is -2.37. The van der Waals surface area contributed by atoms with Crippen molar-refractivity contribution < 1.29 is 69.4 Å². The number of carbonyl (C=O) groups is 2. The molecule has 2 fully saturated rings. The van der Waals surface area contributed by atoms with Crippen LogP contribution in [0.25, 0.3) is 11.1 Å². The molecule has 0 spiro atoms. The minimum absolute atomic E-state index is 0.247. The normalized spacial score (nSPS) is 31.2. The van der Waals surface area contributed by atoms with Crippen LogP contribution < -0.4 is 0 Å². The van der Waals surface area contributed by atoms with Crippen molar-refractivity contribution in [2.24, 2.45) is 0 Å². The zero-order valence-corrected chi connectivity index (χ0v) is 26.6. The van der Waals surface area contributed by atoms with Gasteiger partial charge in [-0.1, -0.05) is 35.8 Å². The Labute approximate surface area is 281 Å². The van der Waals surface area contributed by atoms with Crippen LogP contribution in [-0.4, -0.2) is 140 Å². The molecule has 5 rings (SSSR count). The van der Waals surface area contributed by atoms with Crippen molar-refractivity contribution in [2.75, 3.05) is 26.4 Å². The van der Waals surface area contributed by atoms with Gasteiger partial charge >= 0.3 is 11.9 Å². The van der Waals surface area contributed by atoms with Gasteiger partial charge in [0, 0.05) is 25.0 Å². The summed E-state index contributed by atoms with van der Waals surface area (Å²) >= 11 is 0. The highest BCUT2D eigenvalue weighted by atomic mass is 16.6. The van der Waals surface area contributed by atoms with E-state index < -0.39 is 91.6 Å². The highest BCUT2D eigenvalue weighted by Gasteiger charge is 2.47. The molecule has 10 atom stereocenters. The smallest absolute Gasteiger partial charge is 0.302 e. The van der Waals surface area contributed by atoms with E-state index in [2.05, 4.69) is 23.7 Å². The van der Waals surface area contributed by atoms with E-state index >= 15 is 0 Å². The first-order valence-electron chi connectivity index (χ1n) is 15.5. The molecule has 2 aromatic carbocycles. The number of fused-ring (bicyclic) bond motifs is 3. The highest BCUT2D eigenvalue weighted by molar-refractivity contribution is 5.83. The van der Waals surface area contributed by atoms with E-state index in [1.54, 1.807) is 36.4 Å². The van der Waals surface area contributed by atoms with E-state index in [-0.39, 0.29) is 13.2 Å². The van der Waals surface area contributed by atoms with E-state index in [4.69, 9.17) is 18.9 Å². The van der Waals surface area contributed by atoms with Gasteiger partial charge in [-0.2, -0.15) is 0 Å². The fraction of sp³-hybridized carbons (Fsp3) is 0.486. The van der Waals surface area contributed by atoms with Crippen molar-refractivity contribution in [3.63, 3.8) is 0 Å². The molecular formula is C35H38O14. The van der Waals surface area contributed by atoms with Gasteiger partial charge in [0.25, 0.3) is 0 Å². The molecule has 14 nitrogen and oxygen atoms in total. The minimum atomic E-state index is -1.60. The van der Waals surface area contributed by atoms with Crippen LogP contribution in [0, 0.1) is 23.7 Å². The second-order valence-corrected chi connectivity index (χ2v) is 12.2. The van der Waals surface area contributed by atoms with Crippen LogP contribution in [-0.2, 0) is 34.0 Å². The average molecular weight is 683 g/mol. The largest absolute Gasteiger partial charge is 0.464 e. The molecule has 14 heteroatoms. The van der Waals surface area contributed by atoms with E-state index in [0.717, 1.165) is 0 Å². The van der Waals surface area contributed by atoms with E-state index in [1.807, 2.05) is 0 Å². The Hall–Kier alpha value is -3.90. The fourth-order valence-electron chi connectivity index (χ4n) is 6.20. The van der Waals surface area contributed by atoms with Crippen LogP contribution in [0.5, 0.6) is 0 Å². The van der Waals surface area contributed by atoms with Crippen LogP contribution in [0.1, 0.15) is 36.1 Å². The summed E-state index contributed by atoms with van der Waals surface area (Å²) in [6, 6.07) is 10.3. The predicted octanol–water partition coefficient (Wildman–Crippen LogP) is -2.53. The maximum atomic E-state index is 12.1.